The Morgan fingerprint density at radius 2 is 2.06 bits per heavy atom. The molecule has 3 aliphatic rings. The molecule has 3 amide bonds. The second-order valence-corrected chi connectivity index (χ2v) is 10.8. The number of thioether (sulfide) groups is 1. The average molecular weight is 459 g/mol. The number of rotatable bonds is 6. The highest BCUT2D eigenvalue weighted by atomic mass is 32.2. The number of aliphatic hydroxyl groups is 1. The summed E-state index contributed by atoms with van der Waals surface area (Å²) in [6.45, 7) is 1.93. The Bertz CT molecular complexity index is 1110. The van der Waals surface area contributed by atoms with Gasteiger partial charge in [0.2, 0.25) is 17.7 Å². The highest BCUT2D eigenvalue weighted by molar-refractivity contribution is 8.02. The summed E-state index contributed by atoms with van der Waals surface area (Å²) in [5.41, 5.74) is 1.52. The van der Waals surface area contributed by atoms with Gasteiger partial charge in [0, 0.05) is 18.3 Å². The number of carbonyl (C=O) groups is 3. The molecule has 2 aromatic rings. The number of nitrogens with one attached hydrogen (secondary N) is 2. The van der Waals surface area contributed by atoms with Gasteiger partial charge in [0.05, 0.1) is 28.7 Å². The van der Waals surface area contributed by atoms with Gasteiger partial charge in [0.1, 0.15) is 18.2 Å². The summed E-state index contributed by atoms with van der Waals surface area (Å²) in [5, 5.41) is 23.4. The smallest absolute Gasteiger partial charge is 0.245 e. The number of para-hydroxylation sites is 1. The molecule has 0 aliphatic carbocycles. The molecule has 10 nitrogen and oxygen atoms in total. The monoisotopic (exact) mass is 458 g/mol. The minimum absolute atomic E-state index is 0.0547. The van der Waals surface area contributed by atoms with Crippen molar-refractivity contribution in [2.24, 2.45) is 11.8 Å². The van der Waals surface area contributed by atoms with Crippen molar-refractivity contribution in [3.63, 3.8) is 0 Å². The summed E-state index contributed by atoms with van der Waals surface area (Å²) in [5.74, 6) is -1.78. The van der Waals surface area contributed by atoms with Crippen molar-refractivity contribution in [2.75, 3.05) is 20.2 Å². The van der Waals surface area contributed by atoms with Gasteiger partial charge in [0.25, 0.3) is 0 Å². The minimum Gasteiger partial charge on any atom is -0.395 e. The largest absolute Gasteiger partial charge is 0.395 e. The van der Waals surface area contributed by atoms with E-state index in [2.05, 4.69) is 20.9 Å². The Hall–Kier alpha value is -2.66. The molecule has 170 valence electrons. The first-order chi connectivity index (χ1) is 15.4. The van der Waals surface area contributed by atoms with Crippen LogP contribution in [-0.4, -0.2) is 78.5 Å². The van der Waals surface area contributed by atoms with Gasteiger partial charge in [-0.25, -0.2) is 4.68 Å². The zero-order valence-corrected chi connectivity index (χ0v) is 18.8. The van der Waals surface area contributed by atoms with E-state index < -0.39 is 27.4 Å². The van der Waals surface area contributed by atoms with Crippen molar-refractivity contribution >= 4 is 40.5 Å². The molecule has 0 saturated carbocycles. The predicted octanol–water partition coefficient (Wildman–Crippen LogP) is -0.275. The number of hydrogen-bond acceptors (Lipinski definition) is 7. The van der Waals surface area contributed by atoms with E-state index in [0.29, 0.717) is 6.42 Å². The number of β-amino-alcohol motifs (C(OH)–C–C–N with tert-alkyl or cyclic N) is 1. The lowest BCUT2D eigenvalue weighted by molar-refractivity contribution is -0.141. The van der Waals surface area contributed by atoms with Crippen LogP contribution in [0, 0.1) is 11.8 Å². The van der Waals surface area contributed by atoms with Crippen molar-refractivity contribution < 1.29 is 19.5 Å². The number of likely N-dealkylation sites (tertiary alicyclic amines) is 1. The summed E-state index contributed by atoms with van der Waals surface area (Å²) in [4.78, 5) is 41.2. The van der Waals surface area contributed by atoms with Crippen LogP contribution < -0.4 is 10.6 Å². The SMILES string of the molecule is CNC(=O)[C@@H]1[C@H]2C(=O)N(CCO)C(C(=O)NCn3nnc4ccccc43)C23CC[C@@]1(C)S3. The third-order valence-electron chi connectivity index (χ3n) is 7.22. The molecular weight excluding hydrogens is 432 g/mol. The lowest BCUT2D eigenvalue weighted by Crippen LogP contribution is -2.54. The predicted molar refractivity (Wildman–Crippen MR) is 117 cm³/mol. The van der Waals surface area contributed by atoms with Gasteiger partial charge in [-0.1, -0.05) is 17.3 Å². The van der Waals surface area contributed by atoms with Crippen LogP contribution in [0.3, 0.4) is 0 Å². The number of aliphatic hydroxyl groups excluding tert-OH is 1. The summed E-state index contributed by atoms with van der Waals surface area (Å²) in [6, 6.07) is 6.70. The highest BCUT2D eigenvalue weighted by Gasteiger charge is 2.76. The molecule has 3 aliphatic heterocycles. The molecular formula is C21H26N6O4S. The van der Waals surface area contributed by atoms with E-state index in [1.165, 1.54) is 4.90 Å². The fraction of sp³-hybridized carbons (Fsp3) is 0.571. The number of benzene rings is 1. The van der Waals surface area contributed by atoms with Crippen molar-refractivity contribution in [3.8, 4) is 0 Å². The average Bonchev–Trinajstić information content (AvgIpc) is 3.48. The van der Waals surface area contributed by atoms with Crippen LogP contribution in [0.5, 0.6) is 0 Å². The van der Waals surface area contributed by atoms with Crippen LogP contribution in [0.25, 0.3) is 11.0 Å². The van der Waals surface area contributed by atoms with Gasteiger partial charge in [-0.2, -0.15) is 0 Å². The molecule has 2 unspecified atom stereocenters. The molecule has 1 aromatic heterocycles. The molecule has 5 atom stereocenters. The number of fused-ring (bicyclic) bond motifs is 2. The molecule has 1 spiro atoms. The van der Waals surface area contributed by atoms with Gasteiger partial charge in [-0.3, -0.25) is 14.4 Å². The Labute approximate surface area is 189 Å². The fourth-order valence-electron chi connectivity index (χ4n) is 5.91. The molecule has 4 heterocycles. The first-order valence-electron chi connectivity index (χ1n) is 10.8. The van der Waals surface area contributed by atoms with E-state index in [1.54, 1.807) is 23.5 Å². The minimum atomic E-state index is -0.761. The van der Waals surface area contributed by atoms with Crippen molar-refractivity contribution in [1.29, 1.82) is 0 Å². The highest BCUT2D eigenvalue weighted by Crippen LogP contribution is 2.71. The number of amides is 3. The third-order valence-corrected chi connectivity index (χ3v) is 9.20. The van der Waals surface area contributed by atoms with Gasteiger partial charge in [-0.15, -0.1) is 16.9 Å². The summed E-state index contributed by atoms with van der Waals surface area (Å²) in [7, 11) is 1.58. The second kappa shape index (κ2) is 7.45. The Morgan fingerprint density at radius 3 is 2.81 bits per heavy atom. The van der Waals surface area contributed by atoms with Gasteiger partial charge in [0.15, 0.2) is 0 Å². The van der Waals surface area contributed by atoms with Gasteiger partial charge < -0.3 is 20.6 Å². The zero-order valence-electron chi connectivity index (χ0n) is 17.9. The Morgan fingerprint density at radius 1 is 1.28 bits per heavy atom. The van der Waals surface area contributed by atoms with Crippen molar-refractivity contribution in [3.05, 3.63) is 24.3 Å². The quantitative estimate of drug-likeness (QED) is 0.543. The molecule has 3 N–H and O–H groups in total. The maximum atomic E-state index is 13.5. The molecule has 1 aromatic carbocycles. The molecule has 11 heteroatoms. The van der Waals surface area contributed by atoms with Crippen LogP contribution in [0.15, 0.2) is 24.3 Å². The van der Waals surface area contributed by atoms with Crippen LogP contribution >= 0.6 is 11.8 Å². The van der Waals surface area contributed by atoms with E-state index in [0.717, 1.165) is 17.5 Å². The van der Waals surface area contributed by atoms with Gasteiger partial charge in [-0.05, 0) is 31.9 Å². The maximum Gasteiger partial charge on any atom is 0.245 e. The van der Waals surface area contributed by atoms with Crippen LogP contribution in [0.2, 0.25) is 0 Å². The Balaban J connectivity index is 1.46. The number of carbonyl (C=O) groups excluding carboxylic acids is 3. The molecule has 32 heavy (non-hydrogen) atoms. The zero-order chi connectivity index (χ0) is 22.7. The summed E-state index contributed by atoms with van der Waals surface area (Å²) < 4.78 is 0.516. The molecule has 0 radical (unpaired) electrons. The standard InChI is InChI=1S/C21H26N6O4S/c1-20-7-8-21(32-20)15(14(20)17(29)22-2)19(31)26(9-10-28)16(21)18(30)23-11-27-13-6-4-3-5-12(13)24-25-27/h3-6,14-16,28H,7-11H2,1-2H3,(H,22,29)(H,23,30)/t14-,15-,16?,20+,21?/m0/s1. The number of aromatic nitrogens is 3. The second-order valence-electron chi connectivity index (χ2n) is 8.87. The van der Waals surface area contributed by atoms with E-state index in [9.17, 15) is 19.5 Å². The van der Waals surface area contributed by atoms with Gasteiger partial charge >= 0.3 is 0 Å². The summed E-state index contributed by atoms with van der Waals surface area (Å²) in [6.07, 6.45) is 1.42. The number of nitrogens with zero attached hydrogens (tertiary/aromatic N) is 4. The summed E-state index contributed by atoms with van der Waals surface area (Å²) >= 11 is 1.60. The molecule has 3 fully saturated rings. The maximum absolute atomic E-state index is 13.5. The van der Waals surface area contributed by atoms with Crippen LogP contribution in [0.1, 0.15) is 19.8 Å². The van der Waals surface area contributed by atoms with Crippen molar-refractivity contribution in [2.45, 2.75) is 42.0 Å². The first kappa shape index (κ1) is 21.2. The lowest BCUT2D eigenvalue weighted by Gasteiger charge is -2.34. The molecule has 2 bridgehead atoms. The van der Waals surface area contributed by atoms with Crippen LogP contribution in [-0.2, 0) is 21.1 Å². The third kappa shape index (κ3) is 2.80. The van der Waals surface area contributed by atoms with E-state index >= 15 is 0 Å². The fourth-order valence-corrected chi connectivity index (χ4v) is 8.27. The number of hydrogen-bond donors (Lipinski definition) is 3. The topological polar surface area (TPSA) is 129 Å². The van der Waals surface area contributed by atoms with E-state index in [-0.39, 0.29) is 37.5 Å². The van der Waals surface area contributed by atoms with E-state index in [4.69, 9.17) is 0 Å². The van der Waals surface area contributed by atoms with E-state index in [1.807, 2.05) is 31.2 Å². The first-order valence-corrected chi connectivity index (χ1v) is 11.6. The molecule has 5 rings (SSSR count). The van der Waals surface area contributed by atoms with Crippen LogP contribution in [0.4, 0.5) is 0 Å². The molecule has 3 saturated heterocycles. The normalized spacial score (nSPS) is 33.0. The Kier molecular flexibility index (Phi) is 4.93. The van der Waals surface area contributed by atoms with Crippen molar-refractivity contribution in [1.82, 2.24) is 30.5 Å². The lowest BCUT2D eigenvalue weighted by atomic mass is 9.66.